The van der Waals surface area contributed by atoms with Crippen LogP contribution in [0.3, 0.4) is 0 Å². The molecule has 2 amide bonds. The maximum Gasteiger partial charge on any atom is 0.337 e. The van der Waals surface area contributed by atoms with Gasteiger partial charge in [0.1, 0.15) is 0 Å². The highest BCUT2D eigenvalue weighted by Gasteiger charge is 2.41. The summed E-state index contributed by atoms with van der Waals surface area (Å²) in [5.41, 5.74) is 1.27. The number of carbonyl (C=O) groups excluding carboxylic acids is 1. The van der Waals surface area contributed by atoms with Gasteiger partial charge >= 0.3 is 12.0 Å². The van der Waals surface area contributed by atoms with Crippen molar-refractivity contribution in [3.8, 4) is 0 Å². The Labute approximate surface area is 142 Å². The molecular formula is C18H26N2O4. The van der Waals surface area contributed by atoms with Crippen molar-refractivity contribution in [2.24, 2.45) is 0 Å². The zero-order valence-electron chi connectivity index (χ0n) is 14.9. The summed E-state index contributed by atoms with van der Waals surface area (Å²) >= 11 is 0. The average Bonchev–Trinajstić information content (AvgIpc) is 2.61. The lowest BCUT2D eigenvalue weighted by molar-refractivity contribution is -0.155. The van der Waals surface area contributed by atoms with Crippen LogP contribution in [0, 0.1) is 0 Å². The molecular weight excluding hydrogens is 308 g/mol. The quantitative estimate of drug-likeness (QED) is 0.680. The highest BCUT2D eigenvalue weighted by Crippen LogP contribution is 2.49. The molecule has 0 aromatic heterocycles. The number of amides is 2. The summed E-state index contributed by atoms with van der Waals surface area (Å²) in [6.45, 7) is 9.57. The molecule has 4 N–H and O–H groups in total. The third-order valence-corrected chi connectivity index (χ3v) is 4.67. The lowest BCUT2D eigenvalue weighted by atomic mass is 9.82. The van der Waals surface area contributed by atoms with Crippen LogP contribution in [0.1, 0.15) is 52.2 Å². The Morgan fingerprint density at radius 1 is 1.17 bits per heavy atom. The van der Waals surface area contributed by atoms with Gasteiger partial charge in [0, 0.05) is 5.69 Å². The van der Waals surface area contributed by atoms with Crippen LogP contribution in [0.15, 0.2) is 18.2 Å². The number of nitrogens with one attached hydrogen (secondary N) is 2. The van der Waals surface area contributed by atoms with E-state index in [1.165, 1.54) is 11.1 Å². The molecule has 6 nitrogen and oxygen atoms in total. The predicted molar refractivity (Wildman–Crippen MR) is 92.4 cm³/mol. The molecule has 0 heterocycles. The maximum atomic E-state index is 11.9. The Morgan fingerprint density at radius 2 is 1.75 bits per heavy atom. The second-order valence-electron chi connectivity index (χ2n) is 8.09. The van der Waals surface area contributed by atoms with Crippen LogP contribution in [0.25, 0.3) is 0 Å². The zero-order valence-corrected chi connectivity index (χ0v) is 14.9. The van der Waals surface area contributed by atoms with Crippen molar-refractivity contribution >= 4 is 17.7 Å². The van der Waals surface area contributed by atoms with Crippen LogP contribution in [0.4, 0.5) is 10.5 Å². The minimum atomic E-state index is -2.00. The molecule has 0 aliphatic heterocycles. The standard InChI is InChI=1S/C18H26N2O4/c1-16(2)9-17(3,4)13-8-11(6-7-12(13)16)20-15(23)19-10-18(5,24)14(21)22/h6-8,24H,9-10H2,1-5H3,(H,21,22)(H2,19,20,23). The lowest BCUT2D eigenvalue weighted by Crippen LogP contribution is -2.47. The summed E-state index contributed by atoms with van der Waals surface area (Å²) in [4.78, 5) is 22.8. The van der Waals surface area contributed by atoms with Gasteiger partial charge in [0.15, 0.2) is 5.60 Å². The highest BCUT2D eigenvalue weighted by molar-refractivity contribution is 5.90. The van der Waals surface area contributed by atoms with E-state index >= 15 is 0 Å². The van der Waals surface area contributed by atoms with Crippen LogP contribution in [0.5, 0.6) is 0 Å². The number of hydrogen-bond acceptors (Lipinski definition) is 3. The van der Waals surface area contributed by atoms with Gasteiger partial charge in [-0.05, 0) is 47.4 Å². The molecule has 1 aliphatic carbocycles. The second kappa shape index (κ2) is 5.77. The Hall–Kier alpha value is -2.08. The Morgan fingerprint density at radius 3 is 2.33 bits per heavy atom. The van der Waals surface area contributed by atoms with Crippen LogP contribution < -0.4 is 10.6 Å². The third-order valence-electron chi connectivity index (χ3n) is 4.67. The summed E-state index contributed by atoms with van der Waals surface area (Å²) in [5.74, 6) is -1.38. The monoisotopic (exact) mass is 334 g/mol. The number of benzene rings is 1. The number of anilines is 1. The van der Waals surface area contributed by atoms with Gasteiger partial charge in [0.25, 0.3) is 0 Å². The van der Waals surface area contributed by atoms with Gasteiger partial charge in [-0.15, -0.1) is 0 Å². The van der Waals surface area contributed by atoms with Crippen LogP contribution >= 0.6 is 0 Å². The molecule has 0 spiro atoms. The smallest absolute Gasteiger partial charge is 0.337 e. The molecule has 1 aromatic carbocycles. The highest BCUT2D eigenvalue weighted by atomic mass is 16.4. The van der Waals surface area contributed by atoms with Crippen molar-refractivity contribution in [2.75, 3.05) is 11.9 Å². The molecule has 0 fully saturated rings. The first-order valence-electron chi connectivity index (χ1n) is 8.01. The fourth-order valence-electron chi connectivity index (χ4n) is 3.57. The number of urea groups is 1. The maximum absolute atomic E-state index is 11.9. The fourth-order valence-corrected chi connectivity index (χ4v) is 3.57. The first-order chi connectivity index (χ1) is 10.8. The summed E-state index contributed by atoms with van der Waals surface area (Å²) in [6, 6.07) is 5.30. The summed E-state index contributed by atoms with van der Waals surface area (Å²) in [5, 5.41) is 23.5. The molecule has 1 aliphatic rings. The van der Waals surface area contributed by atoms with Crippen molar-refractivity contribution < 1.29 is 19.8 Å². The Balaban J connectivity index is 2.10. The number of aliphatic hydroxyl groups is 1. The molecule has 0 saturated heterocycles. The largest absolute Gasteiger partial charge is 0.479 e. The average molecular weight is 334 g/mol. The van der Waals surface area contributed by atoms with E-state index in [1.54, 1.807) is 0 Å². The van der Waals surface area contributed by atoms with E-state index in [0.717, 1.165) is 13.3 Å². The molecule has 1 atom stereocenters. The number of carboxylic acid groups (broad SMARTS) is 1. The van der Waals surface area contributed by atoms with E-state index in [-0.39, 0.29) is 17.4 Å². The van der Waals surface area contributed by atoms with Crippen molar-refractivity contribution in [3.05, 3.63) is 29.3 Å². The number of carboxylic acids is 1. The number of rotatable bonds is 4. The van der Waals surface area contributed by atoms with Crippen LogP contribution in [-0.4, -0.2) is 34.4 Å². The summed E-state index contributed by atoms with van der Waals surface area (Å²) in [7, 11) is 0. The molecule has 0 bridgehead atoms. The molecule has 0 radical (unpaired) electrons. The van der Waals surface area contributed by atoms with Gasteiger partial charge in [-0.2, -0.15) is 0 Å². The fraction of sp³-hybridized carbons (Fsp3) is 0.556. The first-order valence-corrected chi connectivity index (χ1v) is 8.01. The third kappa shape index (κ3) is 3.53. The Kier molecular flexibility index (Phi) is 4.39. The molecule has 0 saturated carbocycles. The molecule has 132 valence electrons. The Bertz CT molecular complexity index is 678. The predicted octanol–water partition coefficient (Wildman–Crippen LogP) is 2.60. The van der Waals surface area contributed by atoms with Crippen molar-refractivity contribution in [1.82, 2.24) is 5.32 Å². The van der Waals surface area contributed by atoms with Gasteiger partial charge in [0.2, 0.25) is 0 Å². The molecule has 24 heavy (non-hydrogen) atoms. The van der Waals surface area contributed by atoms with E-state index in [1.807, 2.05) is 18.2 Å². The SMILES string of the molecule is CC(O)(CNC(=O)Nc1ccc2c(c1)C(C)(C)CC2(C)C)C(=O)O. The second-order valence-corrected chi connectivity index (χ2v) is 8.09. The van der Waals surface area contributed by atoms with E-state index in [9.17, 15) is 14.7 Å². The van der Waals surface area contributed by atoms with Gasteiger partial charge in [-0.1, -0.05) is 33.8 Å². The summed E-state index contributed by atoms with van der Waals surface area (Å²) < 4.78 is 0. The number of fused-ring (bicyclic) bond motifs is 1. The van der Waals surface area contributed by atoms with Gasteiger partial charge in [0.05, 0.1) is 6.54 Å². The van der Waals surface area contributed by atoms with Crippen molar-refractivity contribution in [2.45, 2.75) is 57.5 Å². The zero-order chi connectivity index (χ0) is 18.3. The van der Waals surface area contributed by atoms with E-state index in [4.69, 9.17) is 5.11 Å². The van der Waals surface area contributed by atoms with E-state index in [0.29, 0.717) is 5.69 Å². The van der Waals surface area contributed by atoms with Gasteiger partial charge in [-0.25, -0.2) is 9.59 Å². The van der Waals surface area contributed by atoms with Crippen molar-refractivity contribution in [3.63, 3.8) is 0 Å². The molecule has 6 heteroatoms. The number of carbonyl (C=O) groups is 2. The van der Waals surface area contributed by atoms with Gasteiger partial charge < -0.3 is 20.8 Å². The minimum absolute atomic E-state index is 0.0278. The normalized spacial score (nSPS) is 19.9. The number of aliphatic carboxylic acids is 1. The lowest BCUT2D eigenvalue weighted by Gasteiger charge is -2.22. The number of hydrogen-bond donors (Lipinski definition) is 4. The van der Waals surface area contributed by atoms with Crippen LogP contribution in [-0.2, 0) is 15.6 Å². The molecule has 2 rings (SSSR count). The van der Waals surface area contributed by atoms with E-state index < -0.39 is 17.6 Å². The first kappa shape index (κ1) is 18.3. The van der Waals surface area contributed by atoms with Crippen LogP contribution in [0.2, 0.25) is 0 Å². The van der Waals surface area contributed by atoms with Crippen molar-refractivity contribution in [1.29, 1.82) is 0 Å². The minimum Gasteiger partial charge on any atom is -0.479 e. The topological polar surface area (TPSA) is 98.7 Å². The molecule has 1 aromatic rings. The van der Waals surface area contributed by atoms with Gasteiger partial charge in [-0.3, -0.25) is 0 Å². The molecule has 1 unspecified atom stereocenters. The van der Waals surface area contributed by atoms with E-state index in [2.05, 4.69) is 38.3 Å². The summed E-state index contributed by atoms with van der Waals surface area (Å²) in [6.07, 6.45) is 1.03.